The lowest BCUT2D eigenvalue weighted by atomic mass is 9.64. The van der Waals surface area contributed by atoms with Crippen LogP contribution in [-0.2, 0) is 11.6 Å². The summed E-state index contributed by atoms with van der Waals surface area (Å²) in [5.74, 6) is 0.889. The van der Waals surface area contributed by atoms with E-state index in [4.69, 9.17) is 16.3 Å². The summed E-state index contributed by atoms with van der Waals surface area (Å²) >= 11 is 6.07. The molecule has 0 spiro atoms. The van der Waals surface area contributed by atoms with Crippen molar-refractivity contribution in [3.05, 3.63) is 64.7 Å². The summed E-state index contributed by atoms with van der Waals surface area (Å²) in [4.78, 5) is 2.54. The molecule has 0 N–H and O–H groups in total. The van der Waals surface area contributed by atoms with E-state index < -0.39 is 11.7 Å². The van der Waals surface area contributed by atoms with Gasteiger partial charge in [-0.15, -0.1) is 0 Å². The fourth-order valence-electron chi connectivity index (χ4n) is 4.76. The molecule has 1 heterocycles. The van der Waals surface area contributed by atoms with Crippen LogP contribution < -0.4 is 4.74 Å². The first kappa shape index (κ1) is 24.9. The average molecular weight is 468 g/mol. The van der Waals surface area contributed by atoms with Gasteiger partial charge in [0.2, 0.25) is 0 Å². The van der Waals surface area contributed by atoms with Crippen molar-refractivity contribution in [3.8, 4) is 5.75 Å². The smallest absolute Gasteiger partial charge is 0.416 e. The van der Waals surface area contributed by atoms with Gasteiger partial charge in [-0.25, -0.2) is 0 Å². The first-order chi connectivity index (χ1) is 15.3. The third kappa shape index (κ3) is 6.20. The summed E-state index contributed by atoms with van der Waals surface area (Å²) in [7, 11) is 0. The Kier molecular flexibility index (Phi) is 8.51. The zero-order valence-electron chi connectivity index (χ0n) is 18.9. The summed E-state index contributed by atoms with van der Waals surface area (Å²) in [6, 6.07) is 13.3. The minimum absolute atomic E-state index is 0.223. The Morgan fingerprint density at radius 2 is 1.66 bits per heavy atom. The minimum Gasteiger partial charge on any atom is -0.493 e. The fraction of sp³-hybridized carbons (Fsp3) is 0.538. The molecule has 176 valence electrons. The van der Waals surface area contributed by atoms with Crippen LogP contribution in [0.5, 0.6) is 5.75 Å². The van der Waals surface area contributed by atoms with Crippen LogP contribution in [0.1, 0.15) is 57.1 Å². The Bertz CT molecular complexity index is 832. The molecule has 0 amide bonds. The zero-order valence-corrected chi connectivity index (χ0v) is 19.7. The topological polar surface area (TPSA) is 12.5 Å². The predicted molar refractivity (Wildman–Crippen MR) is 124 cm³/mol. The summed E-state index contributed by atoms with van der Waals surface area (Å²) in [6.45, 7) is 7.64. The van der Waals surface area contributed by atoms with Gasteiger partial charge in [0.1, 0.15) is 5.75 Å². The van der Waals surface area contributed by atoms with E-state index in [-0.39, 0.29) is 5.41 Å². The molecule has 1 aliphatic carbocycles. The lowest BCUT2D eigenvalue weighted by Crippen LogP contribution is -2.49. The molecule has 2 nitrogen and oxygen atoms in total. The number of alkyl halides is 3. The number of halogens is 4. The molecule has 1 unspecified atom stereocenters. The highest BCUT2D eigenvalue weighted by atomic mass is 35.5. The van der Waals surface area contributed by atoms with Crippen molar-refractivity contribution >= 4 is 11.6 Å². The molecule has 6 heteroatoms. The SMILES string of the molecule is CC.FC(F)(F)c1ccc(OCC2CCCN(CC3(c4ccc(Cl)cc4)CCC3)C2)cc1. The number of ether oxygens (including phenoxy) is 1. The summed E-state index contributed by atoms with van der Waals surface area (Å²) in [6.07, 6.45) is 1.57. The highest BCUT2D eigenvalue weighted by Gasteiger charge is 2.40. The number of benzene rings is 2. The van der Waals surface area contributed by atoms with Crippen molar-refractivity contribution in [2.24, 2.45) is 5.92 Å². The predicted octanol–water partition coefficient (Wildman–Crippen LogP) is 7.60. The third-order valence-electron chi connectivity index (χ3n) is 6.56. The molecular formula is C26H33ClF3NO. The van der Waals surface area contributed by atoms with Crippen LogP contribution in [0, 0.1) is 5.92 Å². The average Bonchev–Trinajstić information content (AvgIpc) is 2.77. The molecule has 1 atom stereocenters. The van der Waals surface area contributed by atoms with Gasteiger partial charge in [-0.05, 0) is 74.2 Å². The van der Waals surface area contributed by atoms with Crippen molar-refractivity contribution in [1.29, 1.82) is 0 Å². The van der Waals surface area contributed by atoms with Gasteiger partial charge >= 0.3 is 6.18 Å². The summed E-state index contributed by atoms with van der Waals surface area (Å²) in [5, 5.41) is 0.770. The Balaban J connectivity index is 0.00000141. The Hall–Kier alpha value is -1.72. The monoisotopic (exact) mass is 467 g/mol. The maximum Gasteiger partial charge on any atom is 0.416 e. The van der Waals surface area contributed by atoms with Crippen LogP contribution in [0.2, 0.25) is 5.02 Å². The number of likely N-dealkylation sites (tertiary alicyclic amines) is 1. The summed E-state index contributed by atoms with van der Waals surface area (Å²) in [5.41, 5.74) is 0.953. The van der Waals surface area contributed by atoms with E-state index in [1.807, 2.05) is 26.0 Å². The molecule has 4 rings (SSSR count). The molecule has 2 fully saturated rings. The maximum atomic E-state index is 12.7. The highest BCUT2D eigenvalue weighted by molar-refractivity contribution is 6.30. The molecule has 1 saturated carbocycles. The van der Waals surface area contributed by atoms with Crippen molar-refractivity contribution < 1.29 is 17.9 Å². The summed E-state index contributed by atoms with van der Waals surface area (Å²) < 4.78 is 43.9. The van der Waals surface area contributed by atoms with Crippen LogP contribution in [0.3, 0.4) is 0 Å². The maximum absolute atomic E-state index is 12.7. The van der Waals surface area contributed by atoms with E-state index in [2.05, 4.69) is 17.0 Å². The van der Waals surface area contributed by atoms with Gasteiger partial charge in [0.15, 0.2) is 0 Å². The van der Waals surface area contributed by atoms with Crippen LogP contribution >= 0.6 is 11.6 Å². The molecule has 0 aromatic heterocycles. The second-order valence-corrected chi connectivity index (χ2v) is 9.15. The second kappa shape index (κ2) is 10.9. The van der Waals surface area contributed by atoms with E-state index in [1.54, 1.807) is 0 Å². The molecule has 0 bridgehead atoms. The molecule has 2 aromatic carbocycles. The Morgan fingerprint density at radius 1 is 1.00 bits per heavy atom. The standard InChI is InChI=1S/C24H27ClF3NO.C2H6/c25-21-8-4-19(5-9-21)23(12-2-13-23)17-29-14-1-3-18(15-29)16-30-22-10-6-20(7-11-22)24(26,27)28;1-2/h4-11,18H,1-3,12-17H2;1-2H3. The van der Waals surface area contributed by atoms with E-state index >= 15 is 0 Å². The molecule has 1 aliphatic heterocycles. The third-order valence-corrected chi connectivity index (χ3v) is 6.82. The first-order valence-corrected chi connectivity index (χ1v) is 12.0. The van der Waals surface area contributed by atoms with Crippen LogP contribution in [0.4, 0.5) is 13.2 Å². The highest BCUT2D eigenvalue weighted by Crippen LogP contribution is 2.45. The number of nitrogens with zero attached hydrogens (tertiary/aromatic N) is 1. The van der Waals surface area contributed by atoms with Crippen molar-refractivity contribution in [3.63, 3.8) is 0 Å². The quantitative estimate of drug-likeness (QED) is 0.433. The molecule has 2 aliphatic rings. The van der Waals surface area contributed by atoms with Crippen LogP contribution in [0.25, 0.3) is 0 Å². The lowest BCUT2D eigenvalue weighted by molar-refractivity contribution is -0.137. The number of hydrogen-bond acceptors (Lipinski definition) is 2. The molecule has 2 aromatic rings. The van der Waals surface area contributed by atoms with Crippen molar-refractivity contribution in [2.45, 2.75) is 57.5 Å². The number of hydrogen-bond donors (Lipinski definition) is 0. The second-order valence-electron chi connectivity index (χ2n) is 8.72. The fourth-order valence-corrected chi connectivity index (χ4v) is 4.88. The van der Waals surface area contributed by atoms with Gasteiger partial charge in [0, 0.05) is 29.4 Å². The molecule has 1 saturated heterocycles. The van der Waals surface area contributed by atoms with E-state index in [9.17, 15) is 13.2 Å². The van der Waals surface area contributed by atoms with Gasteiger partial charge in [-0.1, -0.05) is 44.0 Å². The number of rotatable bonds is 6. The Morgan fingerprint density at radius 3 is 2.22 bits per heavy atom. The van der Waals surface area contributed by atoms with Crippen LogP contribution in [-0.4, -0.2) is 31.1 Å². The Labute approximate surface area is 194 Å². The van der Waals surface area contributed by atoms with Gasteiger partial charge in [0.05, 0.1) is 12.2 Å². The van der Waals surface area contributed by atoms with Gasteiger partial charge < -0.3 is 9.64 Å². The van der Waals surface area contributed by atoms with Gasteiger partial charge in [0.25, 0.3) is 0 Å². The minimum atomic E-state index is -4.32. The van der Waals surface area contributed by atoms with E-state index in [0.29, 0.717) is 18.3 Å². The molecule has 0 radical (unpaired) electrons. The normalized spacial score (nSPS) is 20.6. The lowest BCUT2D eigenvalue weighted by Gasteiger charge is -2.47. The number of piperidine rings is 1. The molecule has 32 heavy (non-hydrogen) atoms. The van der Waals surface area contributed by atoms with Crippen molar-refractivity contribution in [1.82, 2.24) is 4.90 Å². The van der Waals surface area contributed by atoms with E-state index in [0.717, 1.165) is 49.6 Å². The van der Waals surface area contributed by atoms with Crippen LogP contribution in [0.15, 0.2) is 48.5 Å². The first-order valence-electron chi connectivity index (χ1n) is 11.6. The molecular weight excluding hydrogens is 435 g/mol. The van der Waals surface area contributed by atoms with E-state index in [1.165, 1.54) is 37.0 Å². The van der Waals surface area contributed by atoms with Gasteiger partial charge in [-0.3, -0.25) is 0 Å². The van der Waals surface area contributed by atoms with Gasteiger partial charge in [-0.2, -0.15) is 13.2 Å². The van der Waals surface area contributed by atoms with Crippen molar-refractivity contribution in [2.75, 3.05) is 26.2 Å². The largest absolute Gasteiger partial charge is 0.493 e. The zero-order chi connectivity index (χ0) is 23.2.